The van der Waals surface area contributed by atoms with E-state index in [0.717, 1.165) is 0 Å². The first kappa shape index (κ1) is 15.4. The Labute approximate surface area is 144 Å². The molecule has 0 atom stereocenters. The molecule has 0 fully saturated rings. The molecule has 0 unspecified atom stereocenters. The Morgan fingerprint density at radius 3 is 2.16 bits per heavy atom. The van der Waals surface area contributed by atoms with E-state index >= 15 is 0 Å². The number of ether oxygens (including phenoxy) is 1. The monoisotopic (exact) mass is 336 g/mol. The van der Waals surface area contributed by atoms with E-state index in [0.29, 0.717) is 36.3 Å². The lowest BCUT2D eigenvalue weighted by Crippen LogP contribution is -2.22. The molecule has 5 nitrogen and oxygen atoms in total. The molecule has 2 aliphatic carbocycles. The number of phenolic OH excluding ortho intramolecular Hbond substituents is 2. The first-order chi connectivity index (χ1) is 12.0. The van der Waals surface area contributed by atoms with Crippen LogP contribution in [-0.4, -0.2) is 28.4 Å². The molecule has 126 valence electrons. The van der Waals surface area contributed by atoms with E-state index in [9.17, 15) is 19.8 Å². The van der Waals surface area contributed by atoms with Gasteiger partial charge in [-0.2, -0.15) is 0 Å². The van der Waals surface area contributed by atoms with Crippen molar-refractivity contribution < 1.29 is 24.5 Å². The molecule has 0 radical (unpaired) electrons. The highest BCUT2D eigenvalue weighted by molar-refractivity contribution is 6.30. The van der Waals surface area contributed by atoms with Gasteiger partial charge in [-0.05, 0) is 19.4 Å². The standard InChI is InChI=1S/C20H16O5/c1-2-25-10-7-8-13-14(9-10)20(24)16-15(19(13)23)17(21)11-5-3-4-6-12(11)18(16)22/h3-6,9,23-24H,2,7-8H2,1H3. The maximum atomic E-state index is 12.8. The summed E-state index contributed by atoms with van der Waals surface area (Å²) in [6, 6.07) is 6.44. The summed E-state index contributed by atoms with van der Waals surface area (Å²) in [6.45, 7) is 2.35. The van der Waals surface area contributed by atoms with Crippen LogP contribution in [0.2, 0.25) is 0 Å². The van der Waals surface area contributed by atoms with Crippen molar-refractivity contribution in [3.8, 4) is 11.5 Å². The summed E-state index contributed by atoms with van der Waals surface area (Å²) in [5.74, 6) is -0.715. The van der Waals surface area contributed by atoms with Gasteiger partial charge in [-0.3, -0.25) is 9.59 Å². The highest BCUT2D eigenvalue weighted by Crippen LogP contribution is 2.45. The largest absolute Gasteiger partial charge is 0.507 e. The number of fused-ring (bicyclic) bond motifs is 3. The predicted octanol–water partition coefficient (Wildman–Crippen LogP) is 3.20. The van der Waals surface area contributed by atoms with Gasteiger partial charge in [-0.25, -0.2) is 0 Å². The minimum Gasteiger partial charge on any atom is -0.507 e. The SMILES string of the molecule is CCOC1=Cc2c(O)c3c(c(O)c2CC1)C(=O)c1ccccc1C3=O. The van der Waals surface area contributed by atoms with Crippen molar-refractivity contribution in [2.45, 2.75) is 19.8 Å². The molecule has 0 aromatic heterocycles. The molecular formula is C20H16O5. The molecule has 0 amide bonds. The third-order valence-corrected chi connectivity index (χ3v) is 4.72. The van der Waals surface area contributed by atoms with Crippen LogP contribution in [0.25, 0.3) is 6.08 Å². The normalized spacial score (nSPS) is 15.2. The molecule has 2 aliphatic rings. The Hall–Kier alpha value is -3.08. The molecule has 25 heavy (non-hydrogen) atoms. The molecular weight excluding hydrogens is 320 g/mol. The second kappa shape index (κ2) is 5.48. The van der Waals surface area contributed by atoms with Gasteiger partial charge in [0, 0.05) is 28.7 Å². The molecule has 2 aromatic rings. The predicted molar refractivity (Wildman–Crippen MR) is 91.0 cm³/mol. The molecule has 4 rings (SSSR count). The van der Waals surface area contributed by atoms with E-state index < -0.39 is 11.6 Å². The lowest BCUT2D eigenvalue weighted by atomic mass is 9.79. The van der Waals surface area contributed by atoms with Crippen molar-refractivity contribution in [3.63, 3.8) is 0 Å². The van der Waals surface area contributed by atoms with Gasteiger partial charge in [0.05, 0.1) is 23.5 Å². The number of ketones is 2. The average Bonchev–Trinajstić information content (AvgIpc) is 2.63. The van der Waals surface area contributed by atoms with Crippen molar-refractivity contribution in [2.75, 3.05) is 6.61 Å². The zero-order valence-corrected chi connectivity index (χ0v) is 13.6. The van der Waals surface area contributed by atoms with E-state index in [2.05, 4.69) is 0 Å². The molecule has 0 spiro atoms. The maximum Gasteiger partial charge on any atom is 0.198 e. The van der Waals surface area contributed by atoms with Gasteiger partial charge in [0.1, 0.15) is 11.5 Å². The van der Waals surface area contributed by atoms with Crippen molar-refractivity contribution in [3.05, 3.63) is 63.4 Å². The van der Waals surface area contributed by atoms with Crippen LogP contribution in [0.5, 0.6) is 11.5 Å². The van der Waals surface area contributed by atoms with E-state index in [1.807, 2.05) is 6.92 Å². The fraction of sp³-hybridized carbons (Fsp3) is 0.200. The van der Waals surface area contributed by atoms with Crippen LogP contribution >= 0.6 is 0 Å². The zero-order chi connectivity index (χ0) is 17.7. The molecule has 5 heteroatoms. The van der Waals surface area contributed by atoms with Crippen LogP contribution in [-0.2, 0) is 11.2 Å². The quantitative estimate of drug-likeness (QED) is 0.702. The van der Waals surface area contributed by atoms with Crippen molar-refractivity contribution in [2.24, 2.45) is 0 Å². The summed E-state index contributed by atoms with van der Waals surface area (Å²) >= 11 is 0. The number of hydrogen-bond donors (Lipinski definition) is 2. The fourth-order valence-corrected chi connectivity index (χ4v) is 3.57. The second-order valence-electron chi connectivity index (χ2n) is 6.09. The lowest BCUT2D eigenvalue weighted by Gasteiger charge is -2.25. The zero-order valence-electron chi connectivity index (χ0n) is 13.6. The van der Waals surface area contributed by atoms with Gasteiger partial charge in [0.25, 0.3) is 0 Å². The Morgan fingerprint density at radius 1 is 0.960 bits per heavy atom. The Balaban J connectivity index is 2.01. The molecule has 2 aromatic carbocycles. The van der Waals surface area contributed by atoms with Crippen LogP contribution in [0.1, 0.15) is 56.3 Å². The van der Waals surface area contributed by atoms with Crippen LogP contribution in [0.3, 0.4) is 0 Å². The summed E-state index contributed by atoms with van der Waals surface area (Å²) in [5, 5.41) is 21.4. The third kappa shape index (κ3) is 2.09. The molecule has 0 heterocycles. The van der Waals surface area contributed by atoms with Crippen molar-refractivity contribution in [1.82, 2.24) is 0 Å². The average molecular weight is 336 g/mol. The topological polar surface area (TPSA) is 83.8 Å². The first-order valence-corrected chi connectivity index (χ1v) is 8.17. The molecule has 0 bridgehead atoms. The first-order valence-electron chi connectivity index (χ1n) is 8.17. The van der Waals surface area contributed by atoms with Gasteiger partial charge in [-0.15, -0.1) is 0 Å². The van der Waals surface area contributed by atoms with Gasteiger partial charge >= 0.3 is 0 Å². The van der Waals surface area contributed by atoms with Crippen LogP contribution in [0.4, 0.5) is 0 Å². The van der Waals surface area contributed by atoms with Gasteiger partial charge in [-0.1, -0.05) is 24.3 Å². The van der Waals surface area contributed by atoms with Crippen LogP contribution in [0.15, 0.2) is 30.0 Å². The number of aromatic hydroxyl groups is 2. The Kier molecular flexibility index (Phi) is 3.39. The number of carbonyl (C=O) groups is 2. The maximum absolute atomic E-state index is 12.8. The van der Waals surface area contributed by atoms with Gasteiger partial charge in [0.15, 0.2) is 11.6 Å². The molecule has 0 saturated heterocycles. The van der Waals surface area contributed by atoms with E-state index in [-0.39, 0.29) is 33.8 Å². The summed E-state index contributed by atoms with van der Waals surface area (Å²) < 4.78 is 5.50. The Bertz CT molecular complexity index is 969. The number of allylic oxidation sites excluding steroid dienone is 1. The Morgan fingerprint density at radius 2 is 1.56 bits per heavy atom. The number of benzene rings is 2. The molecule has 2 N–H and O–H groups in total. The summed E-state index contributed by atoms with van der Waals surface area (Å²) in [4.78, 5) is 25.7. The summed E-state index contributed by atoms with van der Waals surface area (Å²) in [6.07, 6.45) is 2.62. The lowest BCUT2D eigenvalue weighted by molar-refractivity contribution is 0.0974. The number of hydrogen-bond acceptors (Lipinski definition) is 5. The summed E-state index contributed by atoms with van der Waals surface area (Å²) in [7, 11) is 0. The second-order valence-corrected chi connectivity index (χ2v) is 6.09. The molecule has 0 aliphatic heterocycles. The van der Waals surface area contributed by atoms with Crippen molar-refractivity contribution in [1.29, 1.82) is 0 Å². The molecule has 0 saturated carbocycles. The van der Waals surface area contributed by atoms with Crippen molar-refractivity contribution >= 4 is 17.6 Å². The van der Waals surface area contributed by atoms with Gasteiger partial charge in [0.2, 0.25) is 0 Å². The fourth-order valence-electron chi connectivity index (χ4n) is 3.57. The van der Waals surface area contributed by atoms with Gasteiger partial charge < -0.3 is 14.9 Å². The minimum atomic E-state index is -0.460. The minimum absolute atomic E-state index is 0.104. The third-order valence-electron chi connectivity index (χ3n) is 4.72. The number of rotatable bonds is 2. The highest BCUT2D eigenvalue weighted by atomic mass is 16.5. The highest BCUT2D eigenvalue weighted by Gasteiger charge is 2.37. The van der Waals surface area contributed by atoms with E-state index in [1.54, 1.807) is 30.3 Å². The smallest absolute Gasteiger partial charge is 0.198 e. The number of phenols is 2. The van der Waals surface area contributed by atoms with E-state index in [4.69, 9.17) is 4.74 Å². The summed E-state index contributed by atoms with van der Waals surface area (Å²) in [5.41, 5.74) is 1.07. The van der Waals surface area contributed by atoms with Crippen LogP contribution in [0, 0.1) is 0 Å². The van der Waals surface area contributed by atoms with Crippen LogP contribution < -0.4 is 0 Å². The number of carbonyl (C=O) groups excluding carboxylic acids is 2. The van der Waals surface area contributed by atoms with E-state index in [1.165, 1.54) is 0 Å².